The van der Waals surface area contributed by atoms with Crippen molar-refractivity contribution in [3.05, 3.63) is 59.7 Å². The molecule has 7 nitrogen and oxygen atoms in total. The number of hydrogen-bond donors (Lipinski definition) is 2. The van der Waals surface area contributed by atoms with Crippen LogP contribution in [0.4, 0.5) is 0 Å². The molecule has 5 heterocycles. The lowest BCUT2D eigenvalue weighted by Crippen LogP contribution is -1.84. The second kappa shape index (κ2) is 6.11. The average molecular weight is 397 g/mol. The van der Waals surface area contributed by atoms with Crippen molar-refractivity contribution >= 4 is 33.3 Å². The normalized spacial score (nSPS) is 11.6. The highest BCUT2D eigenvalue weighted by Gasteiger charge is 2.16. The van der Waals surface area contributed by atoms with Gasteiger partial charge in [-0.2, -0.15) is 21.5 Å². The molecule has 1 aromatic carbocycles. The summed E-state index contributed by atoms with van der Waals surface area (Å²) in [4.78, 5) is 12.8. The van der Waals surface area contributed by atoms with Crippen LogP contribution in [-0.2, 0) is 7.05 Å². The Hall–Kier alpha value is -3.78. The van der Waals surface area contributed by atoms with Gasteiger partial charge in [-0.15, -0.1) is 0 Å². The van der Waals surface area contributed by atoms with E-state index in [1.165, 1.54) is 0 Å². The third-order valence-corrected chi connectivity index (χ3v) is 5.70. The summed E-state index contributed by atoms with van der Waals surface area (Å²) in [6, 6.07) is 10.2. The number of nitrogens with zero attached hydrogens (tertiary/aromatic N) is 5. The Balaban J connectivity index is 1.53. The summed E-state index contributed by atoms with van der Waals surface area (Å²) in [6.07, 6.45) is 5.67. The minimum absolute atomic E-state index is 0.721. The maximum atomic E-state index is 4.86. The molecule has 0 radical (unpaired) electrons. The molecule has 29 heavy (non-hydrogen) atoms. The number of thiophene rings is 1. The molecule has 8 heteroatoms. The first-order chi connectivity index (χ1) is 14.3. The van der Waals surface area contributed by atoms with Crippen molar-refractivity contribution in [3.8, 4) is 33.9 Å². The molecule has 6 aromatic rings. The van der Waals surface area contributed by atoms with Crippen molar-refractivity contribution < 1.29 is 0 Å². The minimum atomic E-state index is 0.721. The molecule has 0 atom stereocenters. The predicted molar refractivity (Wildman–Crippen MR) is 114 cm³/mol. The smallest absolute Gasteiger partial charge is 0.159 e. The number of benzene rings is 1. The Morgan fingerprint density at radius 2 is 1.97 bits per heavy atom. The van der Waals surface area contributed by atoms with Crippen molar-refractivity contribution in [2.45, 2.75) is 0 Å². The third-order valence-electron chi connectivity index (χ3n) is 5.02. The molecular formula is C21H15N7S. The van der Waals surface area contributed by atoms with Gasteiger partial charge in [-0.05, 0) is 35.2 Å². The van der Waals surface area contributed by atoms with E-state index in [0.717, 1.165) is 55.8 Å². The van der Waals surface area contributed by atoms with E-state index >= 15 is 0 Å². The highest BCUT2D eigenvalue weighted by molar-refractivity contribution is 7.08. The van der Waals surface area contributed by atoms with Crippen molar-refractivity contribution in [1.29, 1.82) is 0 Å². The summed E-state index contributed by atoms with van der Waals surface area (Å²) < 4.78 is 1.80. The van der Waals surface area contributed by atoms with Gasteiger partial charge in [0.25, 0.3) is 0 Å². The van der Waals surface area contributed by atoms with E-state index in [2.05, 4.69) is 48.8 Å². The number of rotatable bonds is 3. The fourth-order valence-electron chi connectivity index (χ4n) is 3.60. The van der Waals surface area contributed by atoms with Crippen LogP contribution in [-0.4, -0.2) is 34.9 Å². The fourth-order valence-corrected chi connectivity index (χ4v) is 4.24. The number of aromatic amines is 2. The summed E-state index contributed by atoms with van der Waals surface area (Å²) in [5.74, 6) is 0.721. The van der Waals surface area contributed by atoms with E-state index in [1.807, 2.05) is 37.0 Å². The van der Waals surface area contributed by atoms with Gasteiger partial charge in [0.05, 0.1) is 22.9 Å². The van der Waals surface area contributed by atoms with Crippen molar-refractivity contribution in [3.63, 3.8) is 0 Å². The number of hydrogen-bond acceptors (Lipinski definition) is 5. The van der Waals surface area contributed by atoms with Gasteiger partial charge in [0.2, 0.25) is 0 Å². The number of aromatic nitrogens is 7. The van der Waals surface area contributed by atoms with E-state index < -0.39 is 0 Å². The van der Waals surface area contributed by atoms with Crippen molar-refractivity contribution in [1.82, 2.24) is 34.9 Å². The summed E-state index contributed by atoms with van der Waals surface area (Å²) in [6.45, 7) is 0. The molecule has 0 saturated carbocycles. The lowest BCUT2D eigenvalue weighted by Gasteiger charge is -1.98. The molecule has 6 rings (SSSR count). The zero-order chi connectivity index (χ0) is 19.4. The molecule has 0 fully saturated rings. The van der Waals surface area contributed by atoms with Gasteiger partial charge in [0.15, 0.2) is 5.82 Å². The molecule has 0 unspecified atom stereocenters. The number of nitrogens with one attached hydrogen (secondary N) is 2. The van der Waals surface area contributed by atoms with Gasteiger partial charge in [-0.3, -0.25) is 14.8 Å². The van der Waals surface area contributed by atoms with Gasteiger partial charge in [0, 0.05) is 41.3 Å². The molecule has 0 bridgehead atoms. The van der Waals surface area contributed by atoms with Crippen molar-refractivity contribution in [2.75, 3.05) is 0 Å². The molecule has 2 N–H and O–H groups in total. The van der Waals surface area contributed by atoms with Gasteiger partial charge < -0.3 is 4.98 Å². The summed E-state index contributed by atoms with van der Waals surface area (Å²) in [5, 5.41) is 17.1. The maximum Gasteiger partial charge on any atom is 0.159 e. The molecule has 0 aliphatic heterocycles. The van der Waals surface area contributed by atoms with Crippen LogP contribution < -0.4 is 0 Å². The van der Waals surface area contributed by atoms with Gasteiger partial charge in [0.1, 0.15) is 11.2 Å². The van der Waals surface area contributed by atoms with E-state index in [-0.39, 0.29) is 0 Å². The van der Waals surface area contributed by atoms with Crippen LogP contribution in [0.15, 0.2) is 59.7 Å². The zero-order valence-corrected chi connectivity index (χ0v) is 16.2. The topological polar surface area (TPSA) is 88.1 Å². The highest BCUT2D eigenvalue weighted by Crippen LogP contribution is 2.32. The molecule has 0 aliphatic rings. The molecular weight excluding hydrogens is 382 g/mol. The van der Waals surface area contributed by atoms with Crippen LogP contribution in [0.1, 0.15) is 0 Å². The molecule has 0 aliphatic carbocycles. The molecule has 0 spiro atoms. The quantitative estimate of drug-likeness (QED) is 0.456. The van der Waals surface area contributed by atoms with Crippen LogP contribution in [0, 0.1) is 0 Å². The van der Waals surface area contributed by atoms with E-state index in [4.69, 9.17) is 4.98 Å². The van der Waals surface area contributed by atoms with Gasteiger partial charge >= 0.3 is 0 Å². The van der Waals surface area contributed by atoms with Crippen LogP contribution in [0.2, 0.25) is 0 Å². The van der Waals surface area contributed by atoms with E-state index in [0.29, 0.717) is 0 Å². The van der Waals surface area contributed by atoms with Crippen molar-refractivity contribution in [2.24, 2.45) is 7.05 Å². The molecule has 5 aromatic heterocycles. The van der Waals surface area contributed by atoms with Crippen LogP contribution in [0.5, 0.6) is 0 Å². The molecule has 140 valence electrons. The second-order valence-electron chi connectivity index (χ2n) is 6.89. The summed E-state index contributed by atoms with van der Waals surface area (Å²) >= 11 is 1.65. The number of imidazole rings is 1. The first-order valence-electron chi connectivity index (χ1n) is 9.11. The standard InChI is InChI=1S/C21H15N7S/c1-28-10-14(9-23-28)12-2-3-16-15(8-12)19(27-26-16)21-24-17-4-6-22-18(20(17)25-21)13-5-7-29-11-13/h2-11H,1H3,(H,24,25)(H,26,27). The summed E-state index contributed by atoms with van der Waals surface area (Å²) in [7, 11) is 1.92. The first-order valence-corrected chi connectivity index (χ1v) is 10.1. The Labute approximate surface area is 169 Å². The Morgan fingerprint density at radius 1 is 1.00 bits per heavy atom. The second-order valence-corrected chi connectivity index (χ2v) is 7.67. The number of aryl methyl sites for hydroxylation is 1. The van der Waals surface area contributed by atoms with Crippen LogP contribution >= 0.6 is 11.3 Å². The number of H-pyrrole nitrogens is 2. The monoisotopic (exact) mass is 397 g/mol. The third kappa shape index (κ3) is 2.57. The Morgan fingerprint density at radius 3 is 2.79 bits per heavy atom. The van der Waals surface area contributed by atoms with Crippen LogP contribution in [0.3, 0.4) is 0 Å². The maximum absolute atomic E-state index is 4.86. The lowest BCUT2D eigenvalue weighted by molar-refractivity contribution is 0.768. The lowest BCUT2D eigenvalue weighted by atomic mass is 10.1. The number of pyridine rings is 1. The summed E-state index contributed by atoms with van der Waals surface area (Å²) in [5.41, 5.74) is 7.64. The fraction of sp³-hybridized carbons (Fsp3) is 0.0476. The predicted octanol–water partition coefficient (Wildman–Crippen LogP) is 4.63. The largest absolute Gasteiger partial charge is 0.336 e. The van der Waals surface area contributed by atoms with E-state index in [1.54, 1.807) is 22.2 Å². The van der Waals surface area contributed by atoms with Gasteiger partial charge in [-0.1, -0.05) is 6.07 Å². The van der Waals surface area contributed by atoms with Crippen LogP contribution in [0.25, 0.3) is 55.8 Å². The molecule has 0 saturated heterocycles. The minimum Gasteiger partial charge on any atom is -0.336 e. The SMILES string of the molecule is Cn1cc(-c2ccc3[nH]nc(-c4nc5c(-c6ccsc6)nccc5[nH]4)c3c2)cn1. The van der Waals surface area contributed by atoms with E-state index in [9.17, 15) is 0 Å². The first kappa shape index (κ1) is 16.2. The molecule has 0 amide bonds. The Kier molecular flexibility index (Phi) is 3.41. The highest BCUT2D eigenvalue weighted by atomic mass is 32.1. The average Bonchev–Trinajstić information content (AvgIpc) is 3.51. The Bertz CT molecular complexity index is 1470. The number of fused-ring (bicyclic) bond motifs is 2. The van der Waals surface area contributed by atoms with Gasteiger partial charge in [-0.25, -0.2) is 4.98 Å². The zero-order valence-electron chi connectivity index (χ0n) is 15.4.